The minimum atomic E-state index is -0.411. The van der Waals surface area contributed by atoms with Gasteiger partial charge in [-0.1, -0.05) is 12.1 Å². The Morgan fingerprint density at radius 2 is 1.81 bits per heavy atom. The Bertz CT molecular complexity index is 992. The number of amides is 1. The number of anilines is 4. The molecule has 2 aromatic carbocycles. The van der Waals surface area contributed by atoms with Crippen LogP contribution in [0.2, 0.25) is 0 Å². The van der Waals surface area contributed by atoms with E-state index in [-0.39, 0.29) is 5.69 Å². The van der Waals surface area contributed by atoms with Gasteiger partial charge in [0.2, 0.25) is 5.95 Å². The van der Waals surface area contributed by atoms with Crippen molar-refractivity contribution >= 4 is 28.9 Å². The van der Waals surface area contributed by atoms with Crippen molar-refractivity contribution in [3.63, 3.8) is 0 Å². The Hall–Kier alpha value is -3.92. The largest absolute Gasteiger partial charge is 0.378 e. The molecule has 0 saturated heterocycles. The maximum Gasteiger partial charge on any atom is 0.274 e. The van der Waals surface area contributed by atoms with E-state index in [0.29, 0.717) is 17.2 Å². The highest BCUT2D eigenvalue weighted by Gasteiger charge is 2.11. The third kappa shape index (κ3) is 4.38. The summed E-state index contributed by atoms with van der Waals surface area (Å²) in [7, 11) is 3.94. The summed E-state index contributed by atoms with van der Waals surface area (Å²) < 4.78 is 0. The number of carbonyl (C=O) groups is 1. The molecule has 0 aliphatic carbocycles. The molecule has 0 aliphatic rings. The van der Waals surface area contributed by atoms with Crippen molar-refractivity contribution in [2.45, 2.75) is 0 Å². The molecule has 3 rings (SSSR count). The zero-order chi connectivity index (χ0) is 19.2. The normalized spacial score (nSPS) is 9.96. The van der Waals surface area contributed by atoms with Crippen LogP contribution in [0.25, 0.3) is 0 Å². The number of para-hydroxylation sites is 1. The first-order valence-corrected chi connectivity index (χ1v) is 8.25. The maximum atomic E-state index is 12.5. The smallest absolute Gasteiger partial charge is 0.274 e. The highest BCUT2D eigenvalue weighted by atomic mass is 16.1. The molecule has 7 heteroatoms. The van der Waals surface area contributed by atoms with E-state index < -0.39 is 5.91 Å². The summed E-state index contributed by atoms with van der Waals surface area (Å²) in [6.07, 6.45) is 1.51. The molecular formula is C20H18N6O. The molecule has 0 atom stereocenters. The van der Waals surface area contributed by atoms with Crippen LogP contribution in [0.15, 0.2) is 60.8 Å². The molecule has 0 unspecified atom stereocenters. The first-order valence-electron chi connectivity index (χ1n) is 8.25. The van der Waals surface area contributed by atoms with E-state index in [1.807, 2.05) is 49.3 Å². The SMILES string of the molecule is CN(C)c1ccc(Nc2nccc(C(=O)Nc3ccccc3C#N)n2)cc1. The second-order valence-corrected chi connectivity index (χ2v) is 5.94. The van der Waals surface area contributed by atoms with Gasteiger partial charge in [-0.15, -0.1) is 0 Å². The molecule has 1 heterocycles. The van der Waals surface area contributed by atoms with Crippen LogP contribution in [-0.2, 0) is 0 Å². The lowest BCUT2D eigenvalue weighted by Crippen LogP contribution is -2.15. The Labute approximate surface area is 157 Å². The van der Waals surface area contributed by atoms with Crippen LogP contribution in [0.5, 0.6) is 0 Å². The molecule has 1 amide bonds. The predicted molar refractivity (Wildman–Crippen MR) is 105 cm³/mol. The van der Waals surface area contributed by atoms with Gasteiger partial charge < -0.3 is 15.5 Å². The summed E-state index contributed by atoms with van der Waals surface area (Å²) in [6, 6.07) is 18.1. The highest BCUT2D eigenvalue weighted by molar-refractivity contribution is 6.03. The lowest BCUT2D eigenvalue weighted by molar-refractivity contribution is 0.102. The van der Waals surface area contributed by atoms with Crippen molar-refractivity contribution in [3.05, 3.63) is 72.1 Å². The van der Waals surface area contributed by atoms with Gasteiger partial charge in [-0.3, -0.25) is 4.79 Å². The van der Waals surface area contributed by atoms with E-state index in [1.54, 1.807) is 24.3 Å². The van der Waals surface area contributed by atoms with E-state index in [4.69, 9.17) is 5.26 Å². The van der Waals surface area contributed by atoms with Crippen LogP contribution >= 0.6 is 0 Å². The van der Waals surface area contributed by atoms with Gasteiger partial charge >= 0.3 is 0 Å². The number of nitriles is 1. The van der Waals surface area contributed by atoms with Gasteiger partial charge in [-0.05, 0) is 42.5 Å². The number of nitrogens with one attached hydrogen (secondary N) is 2. The number of carbonyl (C=O) groups excluding carboxylic acids is 1. The molecule has 0 fully saturated rings. The standard InChI is InChI=1S/C20H18N6O/c1-26(2)16-9-7-15(8-10-16)23-20-22-12-11-18(25-20)19(27)24-17-6-4-3-5-14(17)13-21/h3-12H,1-2H3,(H,24,27)(H,22,23,25). The second kappa shape index (κ2) is 7.97. The number of nitrogens with zero attached hydrogens (tertiary/aromatic N) is 4. The van der Waals surface area contributed by atoms with Crippen molar-refractivity contribution in [3.8, 4) is 6.07 Å². The van der Waals surface area contributed by atoms with Crippen LogP contribution in [-0.4, -0.2) is 30.0 Å². The molecule has 0 spiro atoms. The van der Waals surface area contributed by atoms with Gasteiger partial charge in [-0.2, -0.15) is 5.26 Å². The van der Waals surface area contributed by atoms with Gasteiger partial charge in [0.05, 0.1) is 11.3 Å². The van der Waals surface area contributed by atoms with E-state index in [0.717, 1.165) is 11.4 Å². The Kier molecular flexibility index (Phi) is 5.28. The molecular weight excluding hydrogens is 340 g/mol. The van der Waals surface area contributed by atoms with Gasteiger partial charge in [-0.25, -0.2) is 9.97 Å². The molecule has 3 aromatic rings. The monoisotopic (exact) mass is 358 g/mol. The van der Waals surface area contributed by atoms with E-state index >= 15 is 0 Å². The molecule has 134 valence electrons. The van der Waals surface area contributed by atoms with Gasteiger partial charge in [0, 0.05) is 31.7 Å². The Morgan fingerprint density at radius 1 is 1.07 bits per heavy atom. The van der Waals surface area contributed by atoms with Crippen molar-refractivity contribution in [2.24, 2.45) is 0 Å². The summed E-state index contributed by atoms with van der Waals surface area (Å²) in [5, 5.41) is 14.9. The molecule has 1 aromatic heterocycles. The minimum Gasteiger partial charge on any atom is -0.378 e. The minimum absolute atomic E-state index is 0.199. The van der Waals surface area contributed by atoms with Gasteiger partial charge in [0.25, 0.3) is 5.91 Å². The molecule has 0 radical (unpaired) electrons. The van der Waals surface area contributed by atoms with E-state index in [1.165, 1.54) is 12.3 Å². The lowest BCUT2D eigenvalue weighted by atomic mass is 10.2. The zero-order valence-corrected chi connectivity index (χ0v) is 15.0. The lowest BCUT2D eigenvalue weighted by Gasteiger charge is -2.13. The van der Waals surface area contributed by atoms with Crippen LogP contribution in [0.3, 0.4) is 0 Å². The number of hydrogen-bond acceptors (Lipinski definition) is 6. The fourth-order valence-electron chi connectivity index (χ4n) is 2.39. The Morgan fingerprint density at radius 3 is 2.52 bits per heavy atom. The van der Waals surface area contributed by atoms with Crippen LogP contribution in [0, 0.1) is 11.3 Å². The number of benzene rings is 2. The van der Waals surface area contributed by atoms with Crippen molar-refractivity contribution in [2.75, 3.05) is 29.6 Å². The summed E-state index contributed by atoms with van der Waals surface area (Å²) in [5.41, 5.74) is 2.92. The van der Waals surface area contributed by atoms with Crippen molar-refractivity contribution < 1.29 is 4.79 Å². The third-order valence-electron chi connectivity index (χ3n) is 3.82. The fourth-order valence-corrected chi connectivity index (χ4v) is 2.39. The molecule has 7 nitrogen and oxygen atoms in total. The quantitative estimate of drug-likeness (QED) is 0.726. The number of rotatable bonds is 5. The van der Waals surface area contributed by atoms with Crippen LogP contribution in [0.1, 0.15) is 16.1 Å². The summed E-state index contributed by atoms with van der Waals surface area (Å²) in [6.45, 7) is 0. The van der Waals surface area contributed by atoms with Gasteiger partial charge in [0.15, 0.2) is 0 Å². The summed E-state index contributed by atoms with van der Waals surface area (Å²) in [4.78, 5) is 22.9. The summed E-state index contributed by atoms with van der Waals surface area (Å²) in [5.74, 6) is -0.0973. The van der Waals surface area contributed by atoms with Crippen LogP contribution in [0.4, 0.5) is 23.0 Å². The maximum absolute atomic E-state index is 12.5. The first kappa shape index (κ1) is 17.9. The fraction of sp³-hybridized carbons (Fsp3) is 0.100. The summed E-state index contributed by atoms with van der Waals surface area (Å²) >= 11 is 0. The topological polar surface area (TPSA) is 93.9 Å². The third-order valence-corrected chi connectivity index (χ3v) is 3.82. The van der Waals surface area contributed by atoms with Crippen molar-refractivity contribution in [1.29, 1.82) is 5.26 Å². The number of hydrogen-bond donors (Lipinski definition) is 2. The second-order valence-electron chi connectivity index (χ2n) is 5.94. The average Bonchev–Trinajstić information content (AvgIpc) is 2.69. The zero-order valence-electron chi connectivity index (χ0n) is 15.0. The Balaban J connectivity index is 1.75. The molecule has 0 saturated carbocycles. The number of aromatic nitrogens is 2. The van der Waals surface area contributed by atoms with Crippen LogP contribution < -0.4 is 15.5 Å². The van der Waals surface area contributed by atoms with Crippen molar-refractivity contribution in [1.82, 2.24) is 9.97 Å². The molecule has 27 heavy (non-hydrogen) atoms. The molecule has 0 aliphatic heterocycles. The highest BCUT2D eigenvalue weighted by Crippen LogP contribution is 2.19. The first-order chi connectivity index (χ1) is 13.1. The molecule has 2 N–H and O–H groups in total. The predicted octanol–water partition coefficient (Wildman–Crippen LogP) is 3.41. The average molecular weight is 358 g/mol. The molecule has 0 bridgehead atoms. The van der Waals surface area contributed by atoms with Gasteiger partial charge in [0.1, 0.15) is 11.8 Å². The van der Waals surface area contributed by atoms with E-state index in [9.17, 15) is 4.79 Å². The van der Waals surface area contributed by atoms with E-state index in [2.05, 4.69) is 20.6 Å².